The van der Waals surface area contributed by atoms with Crippen LogP contribution in [0.4, 0.5) is 0 Å². The maximum absolute atomic E-state index is 11.2. The molecule has 0 radical (unpaired) electrons. The Kier molecular flexibility index (Phi) is 4.17. The summed E-state index contributed by atoms with van der Waals surface area (Å²) in [7, 11) is -4.33. The van der Waals surface area contributed by atoms with E-state index in [-0.39, 0.29) is 25.7 Å². The zero-order chi connectivity index (χ0) is 15.9. The van der Waals surface area contributed by atoms with Crippen molar-refractivity contribution in [2.45, 2.75) is 49.1 Å². The summed E-state index contributed by atoms with van der Waals surface area (Å²) in [5.41, 5.74) is 0. The average Bonchev–Trinajstić information content (AvgIpc) is 2.36. The first kappa shape index (κ1) is 16.0. The lowest BCUT2D eigenvalue weighted by Crippen LogP contribution is -2.56. The minimum Gasteiger partial charge on any atom is -0.386 e. The molecule has 0 aliphatic heterocycles. The summed E-state index contributed by atoms with van der Waals surface area (Å²) in [4.78, 5) is 20.7. The highest BCUT2D eigenvalue weighted by atomic mass is 32.2. The fraction of sp³-hybridized carbons (Fsp3) is 1.00. The van der Waals surface area contributed by atoms with Gasteiger partial charge >= 0.3 is 0 Å². The van der Waals surface area contributed by atoms with Crippen LogP contribution in [-0.4, -0.2) is 51.4 Å². The van der Waals surface area contributed by atoms with Crippen LogP contribution in [0.5, 0.6) is 0 Å². The number of aliphatic hydroxyl groups is 1. The van der Waals surface area contributed by atoms with Gasteiger partial charge in [-0.3, -0.25) is 24.8 Å². The molecular weight excluding hydrogens is 308 g/mol. The van der Waals surface area contributed by atoms with Crippen LogP contribution in [0.15, 0.2) is 0 Å². The van der Waals surface area contributed by atoms with E-state index in [4.69, 9.17) is 4.55 Å². The van der Waals surface area contributed by atoms with E-state index in [1.54, 1.807) is 0 Å². The van der Waals surface area contributed by atoms with Gasteiger partial charge in [-0.25, -0.2) is 0 Å². The lowest BCUT2D eigenvalue weighted by molar-refractivity contribution is -0.586. The van der Waals surface area contributed by atoms with E-state index >= 15 is 0 Å². The zero-order valence-electron chi connectivity index (χ0n) is 10.9. The third kappa shape index (κ3) is 2.99. The smallest absolute Gasteiger partial charge is 0.267 e. The second-order valence-electron chi connectivity index (χ2n) is 5.71. The van der Waals surface area contributed by atoms with Gasteiger partial charge in [0.15, 0.2) is 0 Å². The SMILES string of the molecule is O=[N+]([O-])C1CC([N+](=O)[O-])C2CCC(S(=O)(=O)O)CC2C1O. The molecule has 2 saturated carbocycles. The Labute approximate surface area is 120 Å². The van der Waals surface area contributed by atoms with Crippen LogP contribution in [0.1, 0.15) is 25.7 Å². The van der Waals surface area contributed by atoms with Crippen molar-refractivity contribution in [3.63, 3.8) is 0 Å². The Morgan fingerprint density at radius 1 is 0.952 bits per heavy atom. The Morgan fingerprint density at radius 2 is 1.52 bits per heavy atom. The molecule has 0 aromatic rings. The molecule has 2 N–H and O–H groups in total. The molecule has 2 aliphatic rings. The molecule has 120 valence electrons. The predicted octanol–water partition coefficient (Wildman–Crippen LogP) is -0.286. The molecule has 6 unspecified atom stereocenters. The number of nitro groups is 2. The molecule has 0 aromatic heterocycles. The number of hydrogen-bond donors (Lipinski definition) is 2. The molecule has 11 heteroatoms. The fourth-order valence-electron chi connectivity index (χ4n) is 3.63. The van der Waals surface area contributed by atoms with Crippen LogP contribution in [-0.2, 0) is 10.1 Å². The Balaban J connectivity index is 2.30. The molecule has 0 heterocycles. The lowest BCUT2D eigenvalue weighted by Gasteiger charge is -2.42. The van der Waals surface area contributed by atoms with E-state index in [2.05, 4.69) is 0 Å². The van der Waals surface area contributed by atoms with Crippen LogP contribution in [0, 0.1) is 32.1 Å². The maximum atomic E-state index is 11.2. The quantitative estimate of drug-likeness (QED) is 0.406. The van der Waals surface area contributed by atoms with Gasteiger partial charge in [0.25, 0.3) is 10.1 Å². The molecule has 0 spiro atoms. The average molecular weight is 324 g/mol. The molecule has 0 aromatic carbocycles. The summed E-state index contributed by atoms with van der Waals surface area (Å²) >= 11 is 0. The molecule has 6 atom stereocenters. The molecule has 10 nitrogen and oxygen atoms in total. The van der Waals surface area contributed by atoms with Gasteiger partial charge in [0, 0.05) is 21.7 Å². The van der Waals surface area contributed by atoms with E-state index in [1.165, 1.54) is 0 Å². The van der Waals surface area contributed by atoms with Crippen LogP contribution in [0.25, 0.3) is 0 Å². The maximum Gasteiger partial charge on any atom is 0.267 e. The second-order valence-corrected chi connectivity index (χ2v) is 7.41. The summed E-state index contributed by atoms with van der Waals surface area (Å²) in [6.07, 6.45) is -1.80. The van der Waals surface area contributed by atoms with Gasteiger partial charge in [-0.05, 0) is 19.3 Å². The highest BCUT2D eigenvalue weighted by Crippen LogP contribution is 2.44. The predicted molar refractivity (Wildman–Crippen MR) is 68.4 cm³/mol. The van der Waals surface area contributed by atoms with Crippen LogP contribution >= 0.6 is 0 Å². The van der Waals surface area contributed by atoms with E-state index in [1.807, 2.05) is 0 Å². The fourth-order valence-corrected chi connectivity index (χ4v) is 4.53. The van der Waals surface area contributed by atoms with Crippen molar-refractivity contribution in [3.05, 3.63) is 20.2 Å². The van der Waals surface area contributed by atoms with Gasteiger partial charge in [0.2, 0.25) is 12.1 Å². The van der Waals surface area contributed by atoms with Crippen molar-refractivity contribution < 1.29 is 27.9 Å². The number of hydrogen-bond acceptors (Lipinski definition) is 7. The van der Waals surface area contributed by atoms with E-state index in [0.717, 1.165) is 0 Å². The highest BCUT2D eigenvalue weighted by molar-refractivity contribution is 7.86. The first-order chi connectivity index (χ1) is 9.62. The van der Waals surface area contributed by atoms with Crippen molar-refractivity contribution in [2.75, 3.05) is 0 Å². The van der Waals surface area contributed by atoms with Crippen LogP contribution < -0.4 is 0 Å². The van der Waals surface area contributed by atoms with Crippen LogP contribution in [0.2, 0.25) is 0 Å². The monoisotopic (exact) mass is 324 g/mol. The van der Waals surface area contributed by atoms with Crippen LogP contribution in [0.3, 0.4) is 0 Å². The summed E-state index contributed by atoms with van der Waals surface area (Å²) in [5, 5.41) is 31.0. The summed E-state index contributed by atoms with van der Waals surface area (Å²) in [6, 6.07) is -2.65. The summed E-state index contributed by atoms with van der Waals surface area (Å²) < 4.78 is 31.5. The molecular formula is C10H16N2O8S. The summed E-state index contributed by atoms with van der Waals surface area (Å²) in [6.45, 7) is 0. The van der Waals surface area contributed by atoms with Crippen molar-refractivity contribution in [1.29, 1.82) is 0 Å². The van der Waals surface area contributed by atoms with Gasteiger partial charge in [0.05, 0.1) is 11.7 Å². The third-order valence-electron chi connectivity index (χ3n) is 4.68. The number of fused-ring (bicyclic) bond motifs is 1. The number of rotatable bonds is 3. The molecule has 0 saturated heterocycles. The Morgan fingerprint density at radius 3 is 2.00 bits per heavy atom. The minimum atomic E-state index is -4.33. The summed E-state index contributed by atoms with van der Waals surface area (Å²) in [5.74, 6) is -1.48. The normalized spacial score (nSPS) is 40.3. The van der Waals surface area contributed by atoms with Crippen molar-refractivity contribution in [2.24, 2.45) is 11.8 Å². The highest BCUT2D eigenvalue weighted by Gasteiger charge is 2.56. The molecule has 2 rings (SSSR count). The topological polar surface area (TPSA) is 161 Å². The first-order valence-electron chi connectivity index (χ1n) is 6.54. The molecule has 0 bridgehead atoms. The molecule has 2 fully saturated rings. The van der Waals surface area contributed by atoms with Gasteiger partial charge < -0.3 is 5.11 Å². The van der Waals surface area contributed by atoms with Gasteiger partial charge in [-0.1, -0.05) is 0 Å². The van der Waals surface area contributed by atoms with Crippen molar-refractivity contribution >= 4 is 10.1 Å². The van der Waals surface area contributed by atoms with Gasteiger partial charge in [-0.2, -0.15) is 8.42 Å². The van der Waals surface area contributed by atoms with E-state index in [9.17, 15) is 33.8 Å². The Bertz CT molecular complexity index is 549. The molecule has 21 heavy (non-hydrogen) atoms. The second kappa shape index (κ2) is 5.46. The number of aliphatic hydroxyl groups excluding tert-OH is 1. The van der Waals surface area contributed by atoms with Crippen molar-refractivity contribution in [3.8, 4) is 0 Å². The van der Waals surface area contributed by atoms with E-state index < -0.39 is 55.2 Å². The third-order valence-corrected chi connectivity index (χ3v) is 5.95. The number of nitrogens with zero attached hydrogens (tertiary/aromatic N) is 2. The lowest BCUT2D eigenvalue weighted by atomic mass is 9.65. The zero-order valence-corrected chi connectivity index (χ0v) is 11.8. The minimum absolute atomic E-state index is 0.0557. The van der Waals surface area contributed by atoms with Gasteiger partial charge in [0.1, 0.15) is 6.10 Å². The molecule has 0 amide bonds. The largest absolute Gasteiger partial charge is 0.386 e. The van der Waals surface area contributed by atoms with Crippen molar-refractivity contribution in [1.82, 2.24) is 0 Å². The molecule has 2 aliphatic carbocycles. The standard InChI is InChI=1S/C10H16N2O8S/c13-10-7-3-5(21(18,19)20)1-2-6(7)8(11(14)15)4-9(10)12(16)17/h5-10,13H,1-4H2,(H,18,19,20). The van der Waals surface area contributed by atoms with E-state index in [0.29, 0.717) is 0 Å². The first-order valence-corrected chi connectivity index (χ1v) is 8.04. The van der Waals surface area contributed by atoms with Gasteiger partial charge in [-0.15, -0.1) is 0 Å². The Hall–Kier alpha value is -1.33.